The third-order valence-corrected chi connectivity index (χ3v) is 6.42. The maximum atomic E-state index is 12.9. The van der Waals surface area contributed by atoms with Gasteiger partial charge in [0.15, 0.2) is 0 Å². The van der Waals surface area contributed by atoms with Crippen molar-refractivity contribution in [3.8, 4) is 5.75 Å². The number of hydrogen-bond acceptors (Lipinski definition) is 4. The lowest BCUT2D eigenvalue weighted by atomic mass is 10.1. The van der Waals surface area contributed by atoms with Crippen LogP contribution in [0.3, 0.4) is 0 Å². The third-order valence-electron chi connectivity index (χ3n) is 6.17. The fourth-order valence-corrected chi connectivity index (χ4v) is 4.57. The van der Waals surface area contributed by atoms with Gasteiger partial charge in [-0.1, -0.05) is 41.4 Å². The Bertz CT molecular complexity index is 1300. The van der Waals surface area contributed by atoms with Gasteiger partial charge in [-0.05, 0) is 55.5 Å². The fraction of sp³-hybridized carbons (Fsp3) is 0.259. The van der Waals surface area contributed by atoms with Gasteiger partial charge in [-0.15, -0.1) is 0 Å². The molecule has 0 bridgehead atoms. The molecule has 1 N–H and O–H groups in total. The lowest BCUT2D eigenvalue weighted by Crippen LogP contribution is -2.26. The number of benzene rings is 3. The number of nitrogens with zero attached hydrogens (tertiary/aromatic N) is 3. The van der Waals surface area contributed by atoms with Crippen molar-refractivity contribution in [2.45, 2.75) is 31.9 Å². The van der Waals surface area contributed by atoms with Crippen LogP contribution < -0.4 is 9.64 Å². The first kappa shape index (κ1) is 22.4. The first-order valence-electron chi connectivity index (χ1n) is 11.4. The molecule has 1 amide bonds. The molecule has 5 rings (SSSR count). The van der Waals surface area contributed by atoms with Crippen molar-refractivity contribution >= 4 is 34.2 Å². The fourth-order valence-electron chi connectivity index (χ4n) is 4.44. The number of anilines is 1. The normalized spacial score (nSPS) is 16.9. The zero-order valence-corrected chi connectivity index (χ0v) is 19.7. The largest absolute Gasteiger partial charge is 0.491 e. The van der Waals surface area contributed by atoms with Crippen LogP contribution >= 0.6 is 11.6 Å². The number of carbonyl (C=O) groups is 1. The second-order valence-corrected chi connectivity index (χ2v) is 9.17. The molecule has 2 atom stereocenters. The van der Waals surface area contributed by atoms with Gasteiger partial charge in [-0.3, -0.25) is 4.79 Å². The van der Waals surface area contributed by atoms with E-state index in [0.717, 1.165) is 33.9 Å². The Morgan fingerprint density at radius 2 is 1.82 bits per heavy atom. The number of para-hydroxylation sites is 2. The lowest BCUT2D eigenvalue weighted by molar-refractivity contribution is -0.117. The van der Waals surface area contributed by atoms with Crippen molar-refractivity contribution in [3.63, 3.8) is 0 Å². The number of carbonyl (C=O) groups excluding carboxylic acids is 1. The van der Waals surface area contributed by atoms with E-state index in [1.54, 1.807) is 17.0 Å². The van der Waals surface area contributed by atoms with E-state index in [4.69, 9.17) is 21.3 Å². The highest BCUT2D eigenvalue weighted by Gasteiger charge is 2.35. The van der Waals surface area contributed by atoms with Gasteiger partial charge in [0.2, 0.25) is 5.91 Å². The molecule has 4 aromatic rings. The summed E-state index contributed by atoms with van der Waals surface area (Å²) in [6, 6.07) is 22.9. The molecule has 0 radical (unpaired) electrons. The summed E-state index contributed by atoms with van der Waals surface area (Å²) in [5.41, 5.74) is 3.76. The Labute approximate surface area is 203 Å². The highest BCUT2D eigenvalue weighted by molar-refractivity contribution is 6.30. The summed E-state index contributed by atoms with van der Waals surface area (Å²) in [5, 5.41) is 11.4. The molecule has 6 nitrogen and oxygen atoms in total. The van der Waals surface area contributed by atoms with Gasteiger partial charge in [0.25, 0.3) is 0 Å². The summed E-state index contributed by atoms with van der Waals surface area (Å²) in [4.78, 5) is 19.5. The second kappa shape index (κ2) is 9.49. The predicted molar refractivity (Wildman–Crippen MR) is 134 cm³/mol. The molecule has 0 saturated carbocycles. The Morgan fingerprint density at radius 3 is 2.59 bits per heavy atom. The van der Waals surface area contributed by atoms with Crippen LogP contribution in [-0.2, 0) is 11.3 Å². The molecule has 3 aromatic carbocycles. The summed E-state index contributed by atoms with van der Waals surface area (Å²) < 4.78 is 7.82. The minimum absolute atomic E-state index is 0.0502. The molecule has 1 aromatic heterocycles. The quantitative estimate of drug-likeness (QED) is 0.410. The summed E-state index contributed by atoms with van der Waals surface area (Å²) >= 11 is 6.01. The number of ether oxygens (including phenoxy) is 1. The van der Waals surface area contributed by atoms with Crippen molar-refractivity contribution < 1.29 is 14.6 Å². The number of imidazole rings is 1. The van der Waals surface area contributed by atoms with Crippen molar-refractivity contribution in [3.05, 3.63) is 89.2 Å². The highest BCUT2D eigenvalue weighted by atomic mass is 35.5. The molecule has 1 aliphatic rings. The van der Waals surface area contributed by atoms with E-state index in [2.05, 4.69) is 0 Å². The number of rotatable bonds is 7. The van der Waals surface area contributed by atoms with Crippen LogP contribution in [0.15, 0.2) is 72.8 Å². The number of halogens is 1. The molecule has 0 spiro atoms. The first-order chi connectivity index (χ1) is 16.5. The van der Waals surface area contributed by atoms with Gasteiger partial charge in [0.05, 0.1) is 17.6 Å². The smallest absolute Gasteiger partial charge is 0.227 e. The van der Waals surface area contributed by atoms with Crippen LogP contribution in [0.4, 0.5) is 5.69 Å². The Hall–Kier alpha value is -3.35. The molecule has 174 valence electrons. The Balaban J connectivity index is 1.37. The van der Waals surface area contributed by atoms with Crippen LogP contribution in [0, 0.1) is 6.92 Å². The van der Waals surface area contributed by atoms with Gasteiger partial charge in [0, 0.05) is 29.6 Å². The topological polar surface area (TPSA) is 67.6 Å². The zero-order chi connectivity index (χ0) is 23.7. The Morgan fingerprint density at radius 1 is 1.09 bits per heavy atom. The molecule has 2 heterocycles. The lowest BCUT2D eigenvalue weighted by Gasteiger charge is -2.19. The van der Waals surface area contributed by atoms with E-state index in [-0.39, 0.29) is 18.4 Å². The molecule has 1 saturated heterocycles. The maximum absolute atomic E-state index is 12.9. The van der Waals surface area contributed by atoms with Gasteiger partial charge >= 0.3 is 0 Å². The van der Waals surface area contributed by atoms with Crippen LogP contribution in [-0.4, -0.2) is 39.8 Å². The van der Waals surface area contributed by atoms with Gasteiger partial charge in [0.1, 0.15) is 24.3 Å². The van der Waals surface area contributed by atoms with Gasteiger partial charge in [-0.25, -0.2) is 4.98 Å². The van der Waals surface area contributed by atoms with Crippen LogP contribution in [0.1, 0.15) is 23.7 Å². The summed E-state index contributed by atoms with van der Waals surface area (Å²) in [6.07, 6.45) is -0.371. The van der Waals surface area contributed by atoms with Crippen molar-refractivity contribution in [1.82, 2.24) is 9.55 Å². The van der Waals surface area contributed by atoms with E-state index in [1.165, 1.54) is 0 Å². The van der Waals surface area contributed by atoms with Crippen molar-refractivity contribution in [2.75, 3.05) is 18.1 Å². The minimum atomic E-state index is -0.734. The number of aliphatic hydroxyl groups excluding tert-OH is 1. The average Bonchev–Trinajstić information content (AvgIpc) is 3.40. The molecular formula is C27H26ClN3O3. The summed E-state index contributed by atoms with van der Waals surface area (Å²) in [5.74, 6) is 1.50. The molecular weight excluding hydrogens is 450 g/mol. The molecule has 2 unspecified atom stereocenters. The summed E-state index contributed by atoms with van der Waals surface area (Å²) in [6.45, 7) is 3.04. The molecule has 34 heavy (non-hydrogen) atoms. The highest BCUT2D eigenvalue weighted by Crippen LogP contribution is 2.33. The number of aryl methyl sites for hydroxylation is 1. The predicted octanol–water partition coefficient (Wildman–Crippen LogP) is 4.96. The van der Waals surface area contributed by atoms with Gasteiger partial charge < -0.3 is 19.3 Å². The first-order valence-corrected chi connectivity index (χ1v) is 11.7. The van der Waals surface area contributed by atoms with E-state index in [1.807, 2.05) is 72.2 Å². The van der Waals surface area contributed by atoms with Crippen molar-refractivity contribution in [1.29, 1.82) is 0 Å². The monoisotopic (exact) mass is 475 g/mol. The van der Waals surface area contributed by atoms with Gasteiger partial charge in [-0.2, -0.15) is 0 Å². The average molecular weight is 476 g/mol. The SMILES string of the molecule is Cc1ccc(OCC(O)Cn2c(C3CC(=O)N(c4ccc(Cl)cc4)C3)nc3ccccc32)cc1. The number of hydrogen-bond donors (Lipinski definition) is 1. The molecule has 7 heteroatoms. The minimum Gasteiger partial charge on any atom is -0.491 e. The van der Waals surface area contributed by atoms with Crippen LogP contribution in [0.25, 0.3) is 11.0 Å². The van der Waals surface area contributed by atoms with Crippen LogP contribution in [0.2, 0.25) is 5.02 Å². The molecule has 1 fully saturated rings. The number of aliphatic hydroxyl groups is 1. The Kier molecular flexibility index (Phi) is 6.26. The standard InChI is InChI=1S/C27H26ClN3O3/c1-18-6-12-23(13-7-18)34-17-22(32)16-31-25-5-3-2-4-24(25)29-27(31)19-14-26(33)30(15-19)21-10-8-20(28)9-11-21/h2-13,19,22,32H,14-17H2,1H3. The number of fused-ring (bicyclic) bond motifs is 1. The second-order valence-electron chi connectivity index (χ2n) is 8.73. The van der Waals surface area contributed by atoms with E-state index >= 15 is 0 Å². The van der Waals surface area contributed by atoms with E-state index < -0.39 is 6.10 Å². The number of amides is 1. The van der Waals surface area contributed by atoms with E-state index in [9.17, 15) is 9.90 Å². The van der Waals surface area contributed by atoms with E-state index in [0.29, 0.717) is 24.5 Å². The van der Waals surface area contributed by atoms with Crippen molar-refractivity contribution in [2.24, 2.45) is 0 Å². The third kappa shape index (κ3) is 4.65. The maximum Gasteiger partial charge on any atom is 0.227 e. The molecule has 1 aliphatic heterocycles. The zero-order valence-electron chi connectivity index (χ0n) is 18.9. The number of aromatic nitrogens is 2. The van der Waals surface area contributed by atoms with Crippen LogP contribution in [0.5, 0.6) is 5.75 Å². The summed E-state index contributed by atoms with van der Waals surface area (Å²) in [7, 11) is 0. The molecule has 0 aliphatic carbocycles.